The van der Waals surface area contributed by atoms with Crippen LogP contribution in [0.5, 0.6) is 0 Å². The Morgan fingerprint density at radius 1 is 1.26 bits per heavy atom. The van der Waals surface area contributed by atoms with Gasteiger partial charge in [0.15, 0.2) is 9.84 Å². The highest BCUT2D eigenvalue weighted by Crippen LogP contribution is 2.22. The minimum Gasteiger partial charge on any atom is -0.333 e. The molecule has 27 heavy (non-hydrogen) atoms. The third-order valence-electron chi connectivity index (χ3n) is 4.65. The second-order valence-electron chi connectivity index (χ2n) is 6.32. The lowest BCUT2D eigenvalue weighted by atomic mass is 10.0. The Labute approximate surface area is 166 Å². The summed E-state index contributed by atoms with van der Waals surface area (Å²) in [4.78, 5) is 19.2. The number of pyridine rings is 1. The maximum atomic E-state index is 12.8. The lowest BCUT2D eigenvalue weighted by Crippen LogP contribution is -2.49. The van der Waals surface area contributed by atoms with Gasteiger partial charge < -0.3 is 10.2 Å². The standard InChI is InChI=1S/C19H23N3O3S.ClH/c1-2-26(24,25)17-7-5-15(6-8-17)12-19(23)22-11-10-21-14-18(22)16-4-3-9-20-13-16;/h3-9,13,18,21H,2,10-12,14H2,1H3;1H. The second-order valence-corrected chi connectivity index (χ2v) is 8.60. The number of amides is 1. The number of carbonyl (C=O) groups excluding carboxylic acids is 1. The fraction of sp³-hybridized carbons (Fsp3) is 0.368. The number of hydrogen-bond donors (Lipinski definition) is 1. The molecule has 8 heteroatoms. The van der Waals surface area contributed by atoms with Crippen LogP contribution in [-0.2, 0) is 21.1 Å². The van der Waals surface area contributed by atoms with Crippen molar-refractivity contribution >= 4 is 28.2 Å². The first kappa shape index (κ1) is 21.3. The maximum Gasteiger partial charge on any atom is 0.227 e. The van der Waals surface area contributed by atoms with Gasteiger partial charge in [-0.05, 0) is 29.3 Å². The zero-order valence-corrected chi connectivity index (χ0v) is 16.8. The number of nitrogens with zero attached hydrogens (tertiary/aromatic N) is 2. The molecule has 2 aromatic rings. The number of aromatic nitrogens is 1. The van der Waals surface area contributed by atoms with Gasteiger partial charge in [-0.2, -0.15) is 0 Å². The van der Waals surface area contributed by atoms with Gasteiger partial charge >= 0.3 is 0 Å². The van der Waals surface area contributed by atoms with Crippen molar-refractivity contribution in [3.8, 4) is 0 Å². The highest BCUT2D eigenvalue weighted by Gasteiger charge is 2.27. The van der Waals surface area contributed by atoms with Crippen LogP contribution in [0.15, 0.2) is 53.7 Å². The van der Waals surface area contributed by atoms with E-state index >= 15 is 0 Å². The highest BCUT2D eigenvalue weighted by atomic mass is 35.5. The van der Waals surface area contributed by atoms with E-state index in [0.717, 1.165) is 17.7 Å². The summed E-state index contributed by atoms with van der Waals surface area (Å²) in [6.45, 7) is 3.72. The molecule has 1 fully saturated rings. The molecule has 1 aromatic heterocycles. The third kappa shape index (κ3) is 5.06. The number of halogens is 1. The summed E-state index contributed by atoms with van der Waals surface area (Å²) in [5.74, 6) is 0.102. The van der Waals surface area contributed by atoms with Crippen LogP contribution in [0, 0.1) is 0 Å². The van der Waals surface area contributed by atoms with Crippen LogP contribution < -0.4 is 5.32 Å². The third-order valence-corrected chi connectivity index (χ3v) is 6.40. The Hall–Kier alpha value is -1.96. The number of benzene rings is 1. The van der Waals surface area contributed by atoms with E-state index in [9.17, 15) is 13.2 Å². The maximum absolute atomic E-state index is 12.8. The lowest BCUT2D eigenvalue weighted by Gasteiger charge is -2.36. The van der Waals surface area contributed by atoms with E-state index in [2.05, 4.69) is 10.3 Å². The predicted octanol–water partition coefficient (Wildman–Crippen LogP) is 2.01. The molecule has 6 nitrogen and oxygen atoms in total. The van der Waals surface area contributed by atoms with Gasteiger partial charge in [-0.25, -0.2) is 8.42 Å². The molecule has 1 atom stereocenters. The van der Waals surface area contributed by atoms with E-state index < -0.39 is 9.84 Å². The Morgan fingerprint density at radius 2 is 2.00 bits per heavy atom. The molecule has 0 radical (unpaired) electrons. The van der Waals surface area contributed by atoms with Crippen molar-refractivity contribution in [2.75, 3.05) is 25.4 Å². The zero-order chi connectivity index (χ0) is 18.6. The van der Waals surface area contributed by atoms with E-state index in [1.54, 1.807) is 43.6 Å². The van der Waals surface area contributed by atoms with Crippen LogP contribution in [0.3, 0.4) is 0 Å². The molecule has 0 aliphatic carbocycles. The molecular weight excluding hydrogens is 386 g/mol. The lowest BCUT2D eigenvalue weighted by molar-refractivity contribution is -0.133. The minimum absolute atomic E-state index is 0. The summed E-state index contributed by atoms with van der Waals surface area (Å²) in [6.07, 6.45) is 3.77. The Kier molecular flexibility index (Phi) is 7.35. The molecule has 0 saturated carbocycles. The predicted molar refractivity (Wildman–Crippen MR) is 107 cm³/mol. The normalized spacial score (nSPS) is 17.2. The second kappa shape index (κ2) is 9.30. The van der Waals surface area contributed by atoms with Gasteiger partial charge in [-0.3, -0.25) is 9.78 Å². The molecule has 1 saturated heterocycles. The van der Waals surface area contributed by atoms with Gasteiger partial charge in [-0.1, -0.05) is 25.1 Å². The highest BCUT2D eigenvalue weighted by molar-refractivity contribution is 7.91. The van der Waals surface area contributed by atoms with Gasteiger partial charge in [0.2, 0.25) is 5.91 Å². The summed E-state index contributed by atoms with van der Waals surface area (Å²) in [6, 6.07) is 10.4. The molecule has 0 spiro atoms. The number of carbonyl (C=O) groups is 1. The number of rotatable bonds is 5. The van der Waals surface area contributed by atoms with Crippen molar-refractivity contribution < 1.29 is 13.2 Å². The summed E-state index contributed by atoms with van der Waals surface area (Å²) in [5.41, 5.74) is 1.82. The van der Waals surface area contributed by atoms with E-state index in [1.807, 2.05) is 17.0 Å². The van der Waals surface area contributed by atoms with Crippen molar-refractivity contribution in [3.63, 3.8) is 0 Å². The topological polar surface area (TPSA) is 79.4 Å². The van der Waals surface area contributed by atoms with Crippen molar-refractivity contribution in [2.45, 2.75) is 24.3 Å². The monoisotopic (exact) mass is 409 g/mol. The summed E-state index contributed by atoms with van der Waals surface area (Å²) in [5, 5.41) is 3.32. The zero-order valence-electron chi connectivity index (χ0n) is 15.2. The fourth-order valence-corrected chi connectivity index (χ4v) is 4.02. The molecule has 1 N–H and O–H groups in total. The molecule has 1 amide bonds. The smallest absolute Gasteiger partial charge is 0.227 e. The summed E-state index contributed by atoms with van der Waals surface area (Å²) >= 11 is 0. The van der Waals surface area contributed by atoms with Crippen molar-refractivity contribution in [1.82, 2.24) is 15.2 Å². The minimum atomic E-state index is -3.22. The largest absolute Gasteiger partial charge is 0.333 e. The number of sulfone groups is 1. The van der Waals surface area contributed by atoms with Crippen LogP contribution >= 0.6 is 12.4 Å². The van der Waals surface area contributed by atoms with Gasteiger partial charge in [0.05, 0.1) is 23.1 Å². The average molecular weight is 410 g/mol. The first-order valence-corrected chi connectivity index (χ1v) is 10.4. The van der Waals surface area contributed by atoms with Crippen LogP contribution in [-0.4, -0.2) is 49.6 Å². The van der Waals surface area contributed by atoms with E-state index in [-0.39, 0.29) is 36.5 Å². The van der Waals surface area contributed by atoms with Crippen LogP contribution in [0.1, 0.15) is 24.1 Å². The SMILES string of the molecule is CCS(=O)(=O)c1ccc(CC(=O)N2CCNCC2c2cccnc2)cc1.Cl. The van der Waals surface area contributed by atoms with Gasteiger partial charge in [0, 0.05) is 32.0 Å². The van der Waals surface area contributed by atoms with Gasteiger partial charge in [0.25, 0.3) is 0 Å². The van der Waals surface area contributed by atoms with E-state index in [1.165, 1.54) is 0 Å². The van der Waals surface area contributed by atoms with Crippen molar-refractivity contribution in [2.24, 2.45) is 0 Å². The molecular formula is C19H24ClN3O3S. The number of hydrogen-bond acceptors (Lipinski definition) is 5. The Bertz CT molecular complexity index is 858. The van der Waals surface area contributed by atoms with Crippen molar-refractivity contribution in [1.29, 1.82) is 0 Å². The van der Waals surface area contributed by atoms with E-state index in [0.29, 0.717) is 18.0 Å². The van der Waals surface area contributed by atoms with Gasteiger partial charge in [0.1, 0.15) is 0 Å². The Balaban J connectivity index is 0.00000261. The molecule has 1 unspecified atom stereocenters. The molecule has 1 aromatic carbocycles. The summed E-state index contributed by atoms with van der Waals surface area (Å²) in [7, 11) is -3.22. The molecule has 0 bridgehead atoms. The molecule has 1 aliphatic rings. The Morgan fingerprint density at radius 3 is 2.63 bits per heavy atom. The van der Waals surface area contributed by atoms with E-state index in [4.69, 9.17) is 0 Å². The number of piperazine rings is 1. The van der Waals surface area contributed by atoms with Crippen LogP contribution in [0.25, 0.3) is 0 Å². The van der Waals surface area contributed by atoms with Gasteiger partial charge in [-0.15, -0.1) is 12.4 Å². The number of nitrogens with one attached hydrogen (secondary N) is 1. The van der Waals surface area contributed by atoms with Crippen molar-refractivity contribution in [3.05, 3.63) is 59.9 Å². The first-order valence-electron chi connectivity index (χ1n) is 8.73. The first-order chi connectivity index (χ1) is 12.5. The molecule has 146 valence electrons. The quantitative estimate of drug-likeness (QED) is 0.817. The average Bonchev–Trinajstić information content (AvgIpc) is 2.69. The molecule has 3 rings (SSSR count). The molecule has 2 heterocycles. The molecule has 1 aliphatic heterocycles. The van der Waals surface area contributed by atoms with Crippen LogP contribution in [0.4, 0.5) is 0 Å². The fourth-order valence-electron chi connectivity index (χ4n) is 3.13. The summed E-state index contributed by atoms with van der Waals surface area (Å²) < 4.78 is 23.8. The van der Waals surface area contributed by atoms with Crippen LogP contribution in [0.2, 0.25) is 0 Å².